The molecule has 1 aromatic heterocycles. The average molecular weight is 297 g/mol. The van der Waals surface area contributed by atoms with Crippen LogP contribution in [-0.4, -0.2) is 11.0 Å². The third kappa shape index (κ3) is 4.39. The molecular weight excluding hydrogens is 283 g/mol. The van der Waals surface area contributed by atoms with Crippen LogP contribution in [0.15, 0.2) is 36.5 Å². The lowest BCUT2D eigenvalue weighted by atomic mass is 10.1. The summed E-state index contributed by atoms with van der Waals surface area (Å²) < 4.78 is 5.59. The Hall–Kier alpha value is -1.29. The molecule has 1 atom stereocenters. The number of ether oxygens (including phenoxy) is 1. The van der Waals surface area contributed by atoms with Gasteiger partial charge in [-0.25, -0.2) is 4.98 Å². The minimum absolute atomic E-state index is 0.111. The fourth-order valence-electron chi connectivity index (χ4n) is 1.67. The van der Waals surface area contributed by atoms with Crippen LogP contribution >= 0.6 is 23.2 Å². The second-order valence-electron chi connectivity index (χ2n) is 4.39. The van der Waals surface area contributed by atoms with E-state index in [0.717, 1.165) is 12.0 Å². The zero-order valence-electron chi connectivity index (χ0n) is 10.4. The van der Waals surface area contributed by atoms with Gasteiger partial charge in [0.1, 0.15) is 5.75 Å². The van der Waals surface area contributed by atoms with E-state index in [2.05, 4.69) is 4.98 Å². The predicted molar refractivity (Wildman–Crippen MR) is 78.1 cm³/mol. The van der Waals surface area contributed by atoms with Crippen molar-refractivity contribution in [2.24, 2.45) is 5.73 Å². The predicted octanol–water partition coefficient (Wildman–Crippen LogP) is 4.07. The summed E-state index contributed by atoms with van der Waals surface area (Å²) in [5, 5.41) is 1.05. The van der Waals surface area contributed by atoms with E-state index < -0.39 is 0 Å². The Morgan fingerprint density at radius 2 is 1.89 bits per heavy atom. The standard InChI is InChI=1S/C14H14Cl2N2O/c1-9(17)4-10-2-3-14(18-8-10)19-13-6-11(15)5-12(16)7-13/h2-3,5-9H,4,17H2,1H3. The highest BCUT2D eigenvalue weighted by molar-refractivity contribution is 6.34. The molecule has 2 rings (SSSR count). The van der Waals surface area contributed by atoms with Gasteiger partial charge in [0.2, 0.25) is 5.88 Å². The van der Waals surface area contributed by atoms with Gasteiger partial charge in [0.25, 0.3) is 0 Å². The highest BCUT2D eigenvalue weighted by atomic mass is 35.5. The zero-order chi connectivity index (χ0) is 13.8. The first-order valence-electron chi connectivity index (χ1n) is 5.87. The summed E-state index contributed by atoms with van der Waals surface area (Å²) in [6, 6.07) is 8.87. The third-order valence-electron chi connectivity index (χ3n) is 2.41. The van der Waals surface area contributed by atoms with Crippen molar-refractivity contribution in [2.45, 2.75) is 19.4 Å². The Balaban J connectivity index is 2.10. The maximum atomic E-state index is 5.90. The molecule has 0 amide bonds. The van der Waals surface area contributed by atoms with E-state index in [1.54, 1.807) is 30.5 Å². The number of rotatable bonds is 4. The van der Waals surface area contributed by atoms with Crippen molar-refractivity contribution in [2.75, 3.05) is 0 Å². The molecule has 100 valence electrons. The minimum Gasteiger partial charge on any atom is -0.439 e. The van der Waals surface area contributed by atoms with Gasteiger partial charge < -0.3 is 10.5 Å². The topological polar surface area (TPSA) is 48.1 Å². The highest BCUT2D eigenvalue weighted by Crippen LogP contribution is 2.27. The Labute approximate surface area is 122 Å². The summed E-state index contributed by atoms with van der Waals surface area (Å²) in [7, 11) is 0. The van der Waals surface area contributed by atoms with E-state index >= 15 is 0 Å². The Kier molecular flexibility index (Phi) is 4.64. The Morgan fingerprint density at radius 1 is 1.21 bits per heavy atom. The Morgan fingerprint density at radius 3 is 2.42 bits per heavy atom. The van der Waals surface area contributed by atoms with Crippen molar-refractivity contribution in [3.63, 3.8) is 0 Å². The summed E-state index contributed by atoms with van der Waals surface area (Å²) in [5.41, 5.74) is 6.81. The van der Waals surface area contributed by atoms with E-state index in [9.17, 15) is 0 Å². The number of hydrogen-bond acceptors (Lipinski definition) is 3. The van der Waals surface area contributed by atoms with Gasteiger partial charge in [0.15, 0.2) is 0 Å². The number of aromatic nitrogens is 1. The quantitative estimate of drug-likeness (QED) is 0.925. The molecule has 0 aliphatic rings. The number of nitrogens with two attached hydrogens (primary N) is 1. The molecule has 3 nitrogen and oxygen atoms in total. The van der Waals surface area contributed by atoms with Gasteiger partial charge in [0, 0.05) is 28.4 Å². The molecule has 1 aromatic carbocycles. The largest absolute Gasteiger partial charge is 0.439 e. The van der Waals surface area contributed by atoms with Gasteiger partial charge >= 0.3 is 0 Å². The summed E-state index contributed by atoms with van der Waals surface area (Å²) in [5.74, 6) is 1.05. The first kappa shape index (κ1) is 14.1. The van der Waals surface area contributed by atoms with E-state index in [0.29, 0.717) is 21.7 Å². The van der Waals surface area contributed by atoms with E-state index in [4.69, 9.17) is 33.7 Å². The molecular formula is C14H14Cl2N2O. The number of halogens is 2. The summed E-state index contributed by atoms with van der Waals surface area (Å²) >= 11 is 11.8. The summed E-state index contributed by atoms with van der Waals surface area (Å²) in [4.78, 5) is 4.22. The molecule has 0 aliphatic carbocycles. The van der Waals surface area contributed by atoms with Crippen LogP contribution in [0.4, 0.5) is 0 Å². The average Bonchev–Trinajstić information content (AvgIpc) is 2.29. The normalized spacial score (nSPS) is 12.2. The number of benzene rings is 1. The minimum atomic E-state index is 0.111. The molecule has 2 N–H and O–H groups in total. The van der Waals surface area contributed by atoms with Crippen LogP contribution in [-0.2, 0) is 6.42 Å². The van der Waals surface area contributed by atoms with Gasteiger partial charge in [-0.1, -0.05) is 29.3 Å². The molecule has 0 bridgehead atoms. The number of pyridine rings is 1. The maximum absolute atomic E-state index is 5.90. The molecule has 0 fully saturated rings. The zero-order valence-corrected chi connectivity index (χ0v) is 11.9. The van der Waals surface area contributed by atoms with Crippen molar-refractivity contribution < 1.29 is 4.74 Å². The highest BCUT2D eigenvalue weighted by Gasteiger charge is 2.03. The van der Waals surface area contributed by atoms with Crippen molar-refractivity contribution in [3.05, 3.63) is 52.1 Å². The lowest BCUT2D eigenvalue weighted by Gasteiger charge is -2.08. The fraction of sp³-hybridized carbons (Fsp3) is 0.214. The lowest BCUT2D eigenvalue weighted by Crippen LogP contribution is -2.17. The van der Waals surface area contributed by atoms with Gasteiger partial charge in [0.05, 0.1) is 0 Å². The molecule has 0 radical (unpaired) electrons. The van der Waals surface area contributed by atoms with Gasteiger partial charge in [-0.2, -0.15) is 0 Å². The van der Waals surface area contributed by atoms with E-state index in [1.807, 2.05) is 13.0 Å². The van der Waals surface area contributed by atoms with Gasteiger partial charge in [-0.15, -0.1) is 0 Å². The maximum Gasteiger partial charge on any atom is 0.219 e. The van der Waals surface area contributed by atoms with Crippen LogP contribution in [0.5, 0.6) is 11.6 Å². The van der Waals surface area contributed by atoms with Crippen LogP contribution in [0, 0.1) is 0 Å². The SMILES string of the molecule is CC(N)Cc1ccc(Oc2cc(Cl)cc(Cl)c2)nc1. The summed E-state index contributed by atoms with van der Waals surface area (Å²) in [6.07, 6.45) is 2.54. The van der Waals surface area contributed by atoms with E-state index in [1.165, 1.54) is 0 Å². The first-order valence-corrected chi connectivity index (χ1v) is 6.63. The number of hydrogen-bond donors (Lipinski definition) is 1. The van der Waals surface area contributed by atoms with Crippen LogP contribution in [0.1, 0.15) is 12.5 Å². The Bertz CT molecular complexity index is 536. The smallest absolute Gasteiger partial charge is 0.219 e. The molecule has 0 aliphatic heterocycles. The van der Waals surface area contributed by atoms with Crippen LogP contribution < -0.4 is 10.5 Å². The molecule has 0 saturated carbocycles. The molecule has 1 unspecified atom stereocenters. The molecule has 0 saturated heterocycles. The van der Waals surface area contributed by atoms with Crippen molar-refractivity contribution in [1.82, 2.24) is 4.98 Å². The van der Waals surface area contributed by atoms with Crippen LogP contribution in [0.2, 0.25) is 10.0 Å². The molecule has 5 heteroatoms. The third-order valence-corrected chi connectivity index (χ3v) is 2.85. The molecule has 1 heterocycles. The van der Waals surface area contributed by atoms with Crippen molar-refractivity contribution in [1.29, 1.82) is 0 Å². The second kappa shape index (κ2) is 6.24. The van der Waals surface area contributed by atoms with Crippen LogP contribution in [0.25, 0.3) is 0 Å². The summed E-state index contributed by atoms with van der Waals surface area (Å²) in [6.45, 7) is 1.96. The molecule has 19 heavy (non-hydrogen) atoms. The lowest BCUT2D eigenvalue weighted by molar-refractivity contribution is 0.462. The monoisotopic (exact) mass is 296 g/mol. The molecule has 2 aromatic rings. The van der Waals surface area contributed by atoms with Gasteiger partial charge in [-0.3, -0.25) is 0 Å². The van der Waals surface area contributed by atoms with Gasteiger partial charge in [-0.05, 0) is 37.1 Å². The van der Waals surface area contributed by atoms with Crippen molar-refractivity contribution >= 4 is 23.2 Å². The second-order valence-corrected chi connectivity index (χ2v) is 5.27. The number of nitrogens with zero attached hydrogens (tertiary/aromatic N) is 1. The van der Waals surface area contributed by atoms with E-state index in [-0.39, 0.29) is 6.04 Å². The first-order chi connectivity index (χ1) is 9.02. The van der Waals surface area contributed by atoms with Crippen molar-refractivity contribution in [3.8, 4) is 11.6 Å². The van der Waals surface area contributed by atoms with Crippen LogP contribution in [0.3, 0.4) is 0 Å². The molecule has 0 spiro atoms. The fourth-order valence-corrected chi connectivity index (χ4v) is 2.18.